The van der Waals surface area contributed by atoms with E-state index in [9.17, 15) is 9.59 Å². The second-order valence-electron chi connectivity index (χ2n) is 7.05. The molecule has 1 saturated heterocycles. The molecule has 1 aliphatic heterocycles. The normalized spacial score (nSPS) is 19.7. The summed E-state index contributed by atoms with van der Waals surface area (Å²) in [5.74, 6) is 0.222. The average molecular weight is 373 g/mol. The van der Waals surface area contributed by atoms with E-state index in [-0.39, 0.29) is 11.8 Å². The van der Waals surface area contributed by atoms with Crippen LogP contribution in [0.25, 0.3) is 0 Å². The van der Waals surface area contributed by atoms with Crippen LogP contribution >= 0.6 is 11.6 Å². The maximum absolute atomic E-state index is 13.1. The van der Waals surface area contributed by atoms with Crippen molar-refractivity contribution in [2.75, 3.05) is 26.2 Å². The monoisotopic (exact) mass is 372 g/mol. The van der Waals surface area contributed by atoms with Gasteiger partial charge in [-0.2, -0.15) is 0 Å². The zero-order valence-corrected chi connectivity index (χ0v) is 16.1. The van der Waals surface area contributed by atoms with Crippen molar-refractivity contribution in [2.24, 2.45) is 0 Å². The van der Waals surface area contributed by atoms with Crippen molar-refractivity contribution >= 4 is 23.4 Å². The minimum Gasteiger partial charge on any atom is -0.338 e. The number of hydrogen-bond donors (Lipinski definition) is 0. The van der Waals surface area contributed by atoms with Gasteiger partial charge in [0.1, 0.15) is 0 Å². The van der Waals surface area contributed by atoms with Gasteiger partial charge in [0.25, 0.3) is 0 Å². The Morgan fingerprint density at radius 3 is 2.35 bits per heavy atom. The van der Waals surface area contributed by atoms with Gasteiger partial charge < -0.3 is 9.80 Å². The number of benzene rings is 1. The summed E-state index contributed by atoms with van der Waals surface area (Å²) in [7, 11) is 0. The summed E-state index contributed by atoms with van der Waals surface area (Å²) in [5, 5.41) is 0.667. The van der Waals surface area contributed by atoms with E-state index in [0.717, 1.165) is 24.0 Å². The van der Waals surface area contributed by atoms with Crippen LogP contribution in [-0.4, -0.2) is 47.8 Å². The molecule has 0 aromatic heterocycles. The molecule has 1 aliphatic carbocycles. The number of amides is 2. The van der Waals surface area contributed by atoms with Crippen LogP contribution < -0.4 is 0 Å². The molecule has 2 fully saturated rings. The quantitative estimate of drug-likeness (QED) is 0.599. The van der Waals surface area contributed by atoms with E-state index < -0.39 is 5.41 Å². The second kappa shape index (κ2) is 7.67. The van der Waals surface area contributed by atoms with E-state index in [2.05, 4.69) is 0 Å². The van der Waals surface area contributed by atoms with Crippen LogP contribution in [-0.2, 0) is 15.0 Å². The predicted octanol–water partition coefficient (Wildman–Crippen LogP) is 3.56. The Hall–Kier alpha value is -2.07. The van der Waals surface area contributed by atoms with E-state index in [0.29, 0.717) is 31.2 Å². The predicted molar refractivity (Wildman–Crippen MR) is 104 cm³/mol. The summed E-state index contributed by atoms with van der Waals surface area (Å²) >= 11 is 6.11. The summed E-state index contributed by atoms with van der Waals surface area (Å²) < 4.78 is 0. The Labute approximate surface area is 160 Å². The molecule has 0 bridgehead atoms. The lowest BCUT2D eigenvalue weighted by molar-refractivity contribution is -0.139. The van der Waals surface area contributed by atoms with E-state index in [4.69, 9.17) is 11.6 Å². The molecule has 1 saturated carbocycles. The highest BCUT2D eigenvalue weighted by atomic mass is 35.5. The molecule has 2 amide bonds. The van der Waals surface area contributed by atoms with Gasteiger partial charge in [0, 0.05) is 36.8 Å². The molecule has 1 aromatic carbocycles. The summed E-state index contributed by atoms with van der Waals surface area (Å²) in [6.07, 6.45) is 7.35. The van der Waals surface area contributed by atoms with Crippen molar-refractivity contribution in [1.82, 2.24) is 9.80 Å². The molecule has 138 valence electrons. The first-order chi connectivity index (χ1) is 12.5. The smallest absolute Gasteiger partial charge is 0.249 e. The number of hydrogen-bond acceptors (Lipinski definition) is 2. The zero-order chi connectivity index (χ0) is 18.7. The first-order valence-corrected chi connectivity index (χ1v) is 9.50. The van der Waals surface area contributed by atoms with Crippen molar-refractivity contribution in [3.63, 3.8) is 0 Å². The van der Waals surface area contributed by atoms with Crippen molar-refractivity contribution in [3.8, 4) is 0 Å². The van der Waals surface area contributed by atoms with Gasteiger partial charge in [-0.1, -0.05) is 42.0 Å². The standard InChI is InChI=1S/C21H25ClN2O2/c1-3-4-6-16(2)19(25)23-11-13-24(14-12-23)20(26)21(9-10-21)17-7-5-8-18(22)15-17/h3-8,15H,9-14H2,1-2H3/b4-3-,16-6+. The third kappa shape index (κ3) is 3.70. The topological polar surface area (TPSA) is 40.6 Å². The molecule has 0 unspecified atom stereocenters. The van der Waals surface area contributed by atoms with E-state index in [1.807, 2.05) is 66.1 Å². The van der Waals surface area contributed by atoms with Gasteiger partial charge >= 0.3 is 0 Å². The van der Waals surface area contributed by atoms with Crippen LogP contribution in [0, 0.1) is 0 Å². The highest BCUT2D eigenvalue weighted by Gasteiger charge is 2.53. The summed E-state index contributed by atoms with van der Waals surface area (Å²) in [6.45, 7) is 6.09. The third-order valence-corrected chi connectivity index (χ3v) is 5.50. The Kier molecular flexibility index (Phi) is 5.52. The fourth-order valence-electron chi connectivity index (χ4n) is 3.51. The van der Waals surface area contributed by atoms with Gasteiger partial charge in [-0.15, -0.1) is 0 Å². The molecule has 0 radical (unpaired) electrons. The second-order valence-corrected chi connectivity index (χ2v) is 7.49. The van der Waals surface area contributed by atoms with Crippen LogP contribution in [0.2, 0.25) is 5.02 Å². The van der Waals surface area contributed by atoms with Crippen LogP contribution in [0.4, 0.5) is 0 Å². The van der Waals surface area contributed by atoms with Crippen molar-refractivity contribution in [1.29, 1.82) is 0 Å². The summed E-state index contributed by atoms with van der Waals surface area (Å²) in [5.41, 5.74) is 1.33. The molecule has 2 aliphatic rings. The van der Waals surface area contributed by atoms with Crippen LogP contribution in [0.15, 0.2) is 48.1 Å². The summed E-state index contributed by atoms with van der Waals surface area (Å²) in [6, 6.07) is 7.63. The number of halogens is 1. The number of piperazine rings is 1. The maximum Gasteiger partial charge on any atom is 0.249 e. The molecular weight excluding hydrogens is 348 g/mol. The average Bonchev–Trinajstić information content (AvgIpc) is 3.47. The number of rotatable bonds is 4. The van der Waals surface area contributed by atoms with Gasteiger partial charge in [-0.25, -0.2) is 0 Å². The lowest BCUT2D eigenvalue weighted by Gasteiger charge is -2.37. The largest absolute Gasteiger partial charge is 0.338 e. The number of carbonyl (C=O) groups excluding carboxylic acids is 2. The van der Waals surface area contributed by atoms with E-state index in [1.54, 1.807) is 0 Å². The minimum absolute atomic E-state index is 0.0474. The molecular formula is C21H25ClN2O2. The molecule has 26 heavy (non-hydrogen) atoms. The van der Waals surface area contributed by atoms with Crippen molar-refractivity contribution < 1.29 is 9.59 Å². The van der Waals surface area contributed by atoms with Gasteiger partial charge in [-0.05, 0) is 44.4 Å². The number of allylic oxidation sites excluding steroid dienone is 3. The highest BCUT2D eigenvalue weighted by Crippen LogP contribution is 2.50. The highest BCUT2D eigenvalue weighted by molar-refractivity contribution is 6.30. The fourth-order valence-corrected chi connectivity index (χ4v) is 3.70. The van der Waals surface area contributed by atoms with Crippen molar-refractivity contribution in [2.45, 2.75) is 32.1 Å². The van der Waals surface area contributed by atoms with Gasteiger partial charge in [0.2, 0.25) is 11.8 Å². The molecule has 1 heterocycles. The molecule has 0 N–H and O–H groups in total. The SMILES string of the molecule is C/C=C\C=C(/C)C(=O)N1CCN(C(=O)C2(c3cccc(Cl)c3)CC2)CC1. The molecule has 4 nitrogen and oxygen atoms in total. The van der Waals surface area contributed by atoms with Gasteiger partial charge in [-0.3, -0.25) is 9.59 Å². The van der Waals surface area contributed by atoms with E-state index in [1.165, 1.54) is 0 Å². The molecule has 1 aromatic rings. The first kappa shape index (κ1) is 18.7. The maximum atomic E-state index is 13.1. The number of nitrogens with zero attached hydrogens (tertiary/aromatic N) is 2. The minimum atomic E-state index is -0.404. The van der Waals surface area contributed by atoms with Crippen LogP contribution in [0.5, 0.6) is 0 Å². The molecule has 0 spiro atoms. The Morgan fingerprint density at radius 2 is 1.77 bits per heavy atom. The zero-order valence-electron chi connectivity index (χ0n) is 15.4. The Balaban J connectivity index is 1.63. The number of carbonyl (C=O) groups is 2. The lowest BCUT2D eigenvalue weighted by atomic mass is 9.94. The Bertz CT molecular complexity index is 757. The van der Waals surface area contributed by atoms with Crippen molar-refractivity contribution in [3.05, 3.63) is 58.7 Å². The lowest BCUT2D eigenvalue weighted by Crippen LogP contribution is -2.53. The van der Waals surface area contributed by atoms with Gasteiger partial charge in [0.05, 0.1) is 5.41 Å². The first-order valence-electron chi connectivity index (χ1n) is 9.12. The summed E-state index contributed by atoms with van der Waals surface area (Å²) in [4.78, 5) is 29.3. The third-order valence-electron chi connectivity index (χ3n) is 5.27. The van der Waals surface area contributed by atoms with Gasteiger partial charge in [0.15, 0.2) is 0 Å². The Morgan fingerprint density at radius 1 is 1.12 bits per heavy atom. The van der Waals surface area contributed by atoms with Crippen LogP contribution in [0.1, 0.15) is 32.3 Å². The molecule has 3 rings (SSSR count). The van der Waals surface area contributed by atoms with Crippen LogP contribution in [0.3, 0.4) is 0 Å². The molecule has 5 heteroatoms. The fraction of sp³-hybridized carbons (Fsp3) is 0.429. The molecule has 0 atom stereocenters. The van der Waals surface area contributed by atoms with E-state index >= 15 is 0 Å².